The number of esters is 1. The molecule has 7 heteroatoms. The minimum absolute atomic E-state index is 0.123. The van der Waals surface area contributed by atoms with Gasteiger partial charge in [0, 0.05) is 16.3 Å². The molecule has 0 bridgehead atoms. The topological polar surface area (TPSA) is 64.6 Å². The van der Waals surface area contributed by atoms with Crippen molar-refractivity contribution in [3.05, 3.63) is 45.3 Å². The summed E-state index contributed by atoms with van der Waals surface area (Å²) in [5.74, 6) is 0.840. The van der Waals surface area contributed by atoms with Crippen LogP contribution in [0.1, 0.15) is 53.9 Å². The number of halogens is 1. The van der Waals surface area contributed by atoms with Gasteiger partial charge in [0.2, 0.25) is 5.91 Å². The number of ether oxygens (including phenoxy) is 2. The summed E-state index contributed by atoms with van der Waals surface area (Å²) in [5.41, 5.74) is 1.59. The average Bonchev–Trinajstić information content (AvgIpc) is 3.03. The van der Waals surface area contributed by atoms with Gasteiger partial charge in [0.25, 0.3) is 0 Å². The van der Waals surface area contributed by atoms with E-state index in [9.17, 15) is 9.59 Å². The van der Waals surface area contributed by atoms with Gasteiger partial charge in [0.15, 0.2) is 0 Å². The second-order valence-electron chi connectivity index (χ2n) is 7.23. The molecule has 3 rings (SSSR count). The van der Waals surface area contributed by atoms with Gasteiger partial charge in [0.05, 0.1) is 18.8 Å². The lowest BCUT2D eigenvalue weighted by molar-refractivity contribution is -0.116. The molecule has 0 saturated carbocycles. The molecule has 0 radical (unpaired) electrons. The van der Waals surface area contributed by atoms with E-state index in [1.54, 1.807) is 31.2 Å². The highest BCUT2D eigenvalue weighted by atomic mass is 35.5. The van der Waals surface area contributed by atoms with Gasteiger partial charge in [-0.2, -0.15) is 0 Å². The standard InChI is InChI=1S/C22H26ClNO4S/c1-3-27-22(26)20-17-11-6-14(2)13-18(17)29-21(20)24-19(25)5-4-12-28-16-9-7-15(23)8-10-16/h7-10,14H,3-6,11-13H2,1-2H3,(H,24,25)/t14-/m1/s1. The molecular weight excluding hydrogens is 410 g/mol. The van der Waals surface area contributed by atoms with Crippen molar-refractivity contribution in [3.8, 4) is 5.75 Å². The Bertz CT molecular complexity index is 862. The van der Waals surface area contributed by atoms with E-state index in [1.807, 2.05) is 0 Å². The minimum atomic E-state index is -0.346. The summed E-state index contributed by atoms with van der Waals surface area (Å²) < 4.78 is 10.9. The maximum atomic E-state index is 12.5. The van der Waals surface area contributed by atoms with Crippen molar-refractivity contribution in [2.45, 2.75) is 46.0 Å². The molecule has 0 fully saturated rings. The molecule has 1 aromatic carbocycles. The maximum absolute atomic E-state index is 12.5. The van der Waals surface area contributed by atoms with Gasteiger partial charge in [0.1, 0.15) is 10.8 Å². The van der Waals surface area contributed by atoms with Crippen molar-refractivity contribution >= 4 is 39.8 Å². The number of nitrogens with one attached hydrogen (secondary N) is 1. The molecular formula is C22H26ClNO4S. The first-order valence-electron chi connectivity index (χ1n) is 9.97. The smallest absolute Gasteiger partial charge is 0.341 e. The number of carbonyl (C=O) groups is 2. The molecule has 5 nitrogen and oxygen atoms in total. The number of hydrogen-bond donors (Lipinski definition) is 1. The van der Waals surface area contributed by atoms with Gasteiger partial charge in [-0.1, -0.05) is 18.5 Å². The fourth-order valence-electron chi connectivity index (χ4n) is 3.40. The summed E-state index contributed by atoms with van der Waals surface area (Å²) in [6, 6.07) is 7.12. The SMILES string of the molecule is CCOC(=O)c1c(NC(=O)CCCOc2ccc(Cl)cc2)sc2c1CC[C@@H](C)C2. The number of fused-ring (bicyclic) bond motifs is 1. The molecule has 0 spiro atoms. The largest absolute Gasteiger partial charge is 0.494 e. The monoisotopic (exact) mass is 435 g/mol. The van der Waals surface area contributed by atoms with E-state index in [0.29, 0.717) is 47.6 Å². The van der Waals surface area contributed by atoms with E-state index in [4.69, 9.17) is 21.1 Å². The summed E-state index contributed by atoms with van der Waals surface area (Å²) in [5, 5.41) is 4.21. The molecule has 1 heterocycles. The van der Waals surface area contributed by atoms with Crippen LogP contribution in [0.15, 0.2) is 24.3 Å². The van der Waals surface area contributed by atoms with Crippen LogP contribution >= 0.6 is 22.9 Å². The van der Waals surface area contributed by atoms with E-state index in [-0.39, 0.29) is 11.9 Å². The molecule has 0 saturated heterocycles. The van der Waals surface area contributed by atoms with Gasteiger partial charge in [-0.15, -0.1) is 11.3 Å². The van der Waals surface area contributed by atoms with Crippen LogP contribution in [0.2, 0.25) is 5.02 Å². The van der Waals surface area contributed by atoms with Crippen molar-refractivity contribution in [1.82, 2.24) is 0 Å². The van der Waals surface area contributed by atoms with Gasteiger partial charge >= 0.3 is 5.97 Å². The quantitative estimate of drug-likeness (QED) is 0.439. The lowest BCUT2D eigenvalue weighted by Crippen LogP contribution is -2.17. The predicted molar refractivity (Wildman–Crippen MR) is 116 cm³/mol. The third kappa shape index (κ3) is 5.73. The Hall–Kier alpha value is -2.05. The first-order valence-corrected chi connectivity index (χ1v) is 11.2. The summed E-state index contributed by atoms with van der Waals surface area (Å²) in [6.45, 7) is 4.75. The van der Waals surface area contributed by atoms with Crippen LogP contribution in [0.3, 0.4) is 0 Å². The van der Waals surface area contributed by atoms with Crippen LogP contribution in [0.5, 0.6) is 5.75 Å². The maximum Gasteiger partial charge on any atom is 0.341 e. The Labute approximate surface area is 180 Å². The minimum Gasteiger partial charge on any atom is -0.494 e. The van der Waals surface area contributed by atoms with Gasteiger partial charge < -0.3 is 14.8 Å². The zero-order chi connectivity index (χ0) is 20.8. The highest BCUT2D eigenvalue weighted by molar-refractivity contribution is 7.17. The first kappa shape index (κ1) is 21.7. The fourth-order valence-corrected chi connectivity index (χ4v) is 4.94. The number of carbonyl (C=O) groups excluding carboxylic acids is 2. The van der Waals surface area contributed by atoms with Gasteiger partial charge in [-0.05, 0) is 68.4 Å². The van der Waals surface area contributed by atoms with E-state index < -0.39 is 0 Å². The summed E-state index contributed by atoms with van der Waals surface area (Å²) in [6.07, 6.45) is 3.73. The molecule has 2 aromatic rings. The van der Waals surface area contributed by atoms with Crippen LogP contribution < -0.4 is 10.1 Å². The average molecular weight is 436 g/mol. The summed E-state index contributed by atoms with van der Waals surface area (Å²) >= 11 is 7.36. The Morgan fingerprint density at radius 1 is 1.28 bits per heavy atom. The number of thiophene rings is 1. The Kier molecular flexibility index (Phi) is 7.56. The third-order valence-corrected chi connectivity index (χ3v) is 6.30. The number of benzene rings is 1. The van der Waals surface area contributed by atoms with Crippen molar-refractivity contribution < 1.29 is 19.1 Å². The van der Waals surface area contributed by atoms with Crippen molar-refractivity contribution in [2.24, 2.45) is 5.92 Å². The Balaban J connectivity index is 1.59. The molecule has 1 N–H and O–H groups in total. The van der Waals surface area contributed by atoms with Crippen molar-refractivity contribution in [1.29, 1.82) is 0 Å². The number of rotatable bonds is 8. The number of amides is 1. The highest BCUT2D eigenvalue weighted by Crippen LogP contribution is 2.40. The molecule has 0 aliphatic heterocycles. The van der Waals surface area contributed by atoms with Crippen molar-refractivity contribution in [3.63, 3.8) is 0 Å². The Morgan fingerprint density at radius 3 is 2.76 bits per heavy atom. The van der Waals surface area contributed by atoms with E-state index in [2.05, 4.69) is 12.2 Å². The van der Waals surface area contributed by atoms with Gasteiger partial charge in [-0.25, -0.2) is 4.79 Å². The van der Waals surface area contributed by atoms with Crippen LogP contribution in [0, 0.1) is 5.92 Å². The van der Waals surface area contributed by atoms with Crippen LogP contribution in [-0.2, 0) is 22.4 Å². The molecule has 1 atom stereocenters. The molecule has 1 aliphatic carbocycles. The second-order valence-corrected chi connectivity index (χ2v) is 8.77. The zero-order valence-corrected chi connectivity index (χ0v) is 18.3. The van der Waals surface area contributed by atoms with E-state index in [1.165, 1.54) is 16.2 Å². The molecule has 1 aromatic heterocycles. The van der Waals surface area contributed by atoms with Crippen LogP contribution in [-0.4, -0.2) is 25.1 Å². The van der Waals surface area contributed by atoms with E-state index in [0.717, 1.165) is 30.6 Å². The molecule has 1 amide bonds. The van der Waals surface area contributed by atoms with Crippen LogP contribution in [0.25, 0.3) is 0 Å². The number of anilines is 1. The molecule has 156 valence electrons. The van der Waals surface area contributed by atoms with Crippen LogP contribution in [0.4, 0.5) is 5.00 Å². The highest BCUT2D eigenvalue weighted by Gasteiger charge is 2.29. The number of hydrogen-bond acceptors (Lipinski definition) is 5. The third-order valence-electron chi connectivity index (χ3n) is 4.87. The van der Waals surface area contributed by atoms with E-state index >= 15 is 0 Å². The molecule has 29 heavy (non-hydrogen) atoms. The summed E-state index contributed by atoms with van der Waals surface area (Å²) in [4.78, 5) is 26.1. The first-order chi connectivity index (χ1) is 14.0. The molecule has 0 unspecified atom stereocenters. The molecule has 1 aliphatic rings. The second kappa shape index (κ2) is 10.1. The lowest BCUT2D eigenvalue weighted by atomic mass is 9.88. The van der Waals surface area contributed by atoms with Gasteiger partial charge in [-0.3, -0.25) is 4.79 Å². The van der Waals surface area contributed by atoms with Crippen molar-refractivity contribution in [2.75, 3.05) is 18.5 Å². The fraction of sp³-hybridized carbons (Fsp3) is 0.455. The predicted octanol–water partition coefficient (Wildman–Crippen LogP) is 5.50. The zero-order valence-electron chi connectivity index (χ0n) is 16.8. The lowest BCUT2D eigenvalue weighted by Gasteiger charge is -2.18. The Morgan fingerprint density at radius 2 is 2.03 bits per heavy atom. The summed E-state index contributed by atoms with van der Waals surface area (Å²) in [7, 11) is 0. The normalized spacial score (nSPS) is 15.5.